The summed E-state index contributed by atoms with van der Waals surface area (Å²) < 4.78 is 5.94. The molecule has 2 saturated carbocycles. The Bertz CT molecular complexity index is 1450. The standard InChI is InChI=1S/C32H31N3O3/c1-22-28(34-27-13-7-12-26(33-27)15-14-23-8-5-6-9-23)29(38-35-22)31(32(20-21-32)30(36)37)18-16-25(17-19-31)24-10-3-2-4-11-24/h2-4,7,10-13,16-19,23,25H,5-6,8-9,20-21H2,1H3,(H,33,34)(H,36,37). The fraction of sp³-hybridized carbons (Fsp3) is 0.344. The van der Waals surface area contributed by atoms with E-state index in [1.54, 1.807) is 0 Å². The molecule has 0 saturated heterocycles. The lowest BCUT2D eigenvalue weighted by Gasteiger charge is -2.35. The van der Waals surface area contributed by atoms with Crippen LogP contribution in [0.3, 0.4) is 0 Å². The zero-order valence-electron chi connectivity index (χ0n) is 21.5. The molecule has 0 spiro atoms. The summed E-state index contributed by atoms with van der Waals surface area (Å²) in [6.45, 7) is 1.86. The van der Waals surface area contributed by atoms with Gasteiger partial charge in [-0.1, -0.05) is 84.6 Å². The number of anilines is 2. The Morgan fingerprint density at radius 3 is 2.47 bits per heavy atom. The van der Waals surface area contributed by atoms with Gasteiger partial charge in [-0.3, -0.25) is 4.79 Å². The van der Waals surface area contributed by atoms with Crippen molar-refractivity contribution in [3.8, 4) is 11.8 Å². The van der Waals surface area contributed by atoms with Crippen LogP contribution in [0.5, 0.6) is 0 Å². The molecule has 6 nitrogen and oxygen atoms in total. The highest BCUT2D eigenvalue weighted by atomic mass is 16.5. The third-order valence-electron chi connectivity index (χ3n) is 8.27. The van der Waals surface area contributed by atoms with Gasteiger partial charge in [0.05, 0.1) is 10.8 Å². The number of pyridine rings is 1. The first-order valence-corrected chi connectivity index (χ1v) is 13.4. The maximum Gasteiger partial charge on any atom is 0.311 e. The van der Waals surface area contributed by atoms with Crippen molar-refractivity contribution in [1.82, 2.24) is 10.1 Å². The maximum absolute atomic E-state index is 12.6. The predicted molar refractivity (Wildman–Crippen MR) is 146 cm³/mol. The number of aryl methyl sites for hydroxylation is 1. The Labute approximate surface area is 222 Å². The molecular formula is C32H31N3O3. The number of allylic oxidation sites excluding steroid dienone is 4. The van der Waals surface area contributed by atoms with Gasteiger partial charge in [0, 0.05) is 11.8 Å². The van der Waals surface area contributed by atoms with Crippen molar-refractivity contribution in [2.75, 3.05) is 5.32 Å². The first kappa shape index (κ1) is 24.2. The SMILES string of the molecule is Cc1noc(C2(C3(C(=O)O)CC3)C=CC(c3ccccc3)C=C2)c1Nc1cccc(C#CC2CCCC2)n1. The van der Waals surface area contributed by atoms with E-state index in [9.17, 15) is 9.90 Å². The Balaban J connectivity index is 1.35. The van der Waals surface area contributed by atoms with E-state index in [-0.39, 0.29) is 5.92 Å². The van der Waals surface area contributed by atoms with Crippen molar-refractivity contribution >= 4 is 17.5 Å². The van der Waals surface area contributed by atoms with Crippen molar-refractivity contribution in [3.05, 3.63) is 95.5 Å². The van der Waals surface area contributed by atoms with Crippen LogP contribution in [0.1, 0.15) is 67.2 Å². The summed E-state index contributed by atoms with van der Waals surface area (Å²) in [6, 6.07) is 15.9. The lowest BCUT2D eigenvalue weighted by Crippen LogP contribution is -2.40. The molecule has 2 N–H and O–H groups in total. The van der Waals surface area contributed by atoms with E-state index in [0.717, 1.165) is 18.4 Å². The fourth-order valence-corrected chi connectivity index (χ4v) is 5.89. The Hall–Kier alpha value is -4.11. The Morgan fingerprint density at radius 2 is 1.79 bits per heavy atom. The molecule has 0 atom stereocenters. The van der Waals surface area contributed by atoms with Crippen molar-refractivity contribution in [3.63, 3.8) is 0 Å². The van der Waals surface area contributed by atoms with Gasteiger partial charge < -0.3 is 14.9 Å². The lowest BCUT2D eigenvalue weighted by molar-refractivity contribution is -0.145. The van der Waals surface area contributed by atoms with Crippen molar-refractivity contribution < 1.29 is 14.4 Å². The highest BCUT2D eigenvalue weighted by molar-refractivity contribution is 5.83. The second-order valence-electron chi connectivity index (χ2n) is 10.7. The minimum absolute atomic E-state index is 0.0612. The van der Waals surface area contributed by atoms with E-state index >= 15 is 0 Å². The molecule has 2 aromatic heterocycles. The number of aliphatic carboxylic acids is 1. The lowest BCUT2D eigenvalue weighted by atomic mass is 9.66. The largest absolute Gasteiger partial charge is 0.481 e. The second kappa shape index (κ2) is 9.64. The van der Waals surface area contributed by atoms with E-state index in [4.69, 9.17) is 9.51 Å². The summed E-state index contributed by atoms with van der Waals surface area (Å²) in [5.74, 6) is 7.41. The van der Waals surface area contributed by atoms with Crippen LogP contribution in [0.4, 0.5) is 11.5 Å². The van der Waals surface area contributed by atoms with Gasteiger partial charge in [-0.25, -0.2) is 4.98 Å². The topological polar surface area (TPSA) is 88.2 Å². The van der Waals surface area contributed by atoms with E-state index in [2.05, 4.69) is 46.6 Å². The fourth-order valence-electron chi connectivity index (χ4n) is 5.89. The average Bonchev–Trinajstić information content (AvgIpc) is 3.47. The highest BCUT2D eigenvalue weighted by Gasteiger charge is 2.66. The molecule has 38 heavy (non-hydrogen) atoms. The van der Waals surface area contributed by atoms with Crippen LogP contribution in [0.15, 0.2) is 77.4 Å². The van der Waals surface area contributed by atoms with Crippen LogP contribution < -0.4 is 5.32 Å². The van der Waals surface area contributed by atoms with Gasteiger partial charge in [-0.15, -0.1) is 0 Å². The number of carboxylic acids is 1. The second-order valence-corrected chi connectivity index (χ2v) is 10.7. The quantitative estimate of drug-likeness (QED) is 0.287. The number of hydrogen-bond acceptors (Lipinski definition) is 5. The maximum atomic E-state index is 12.6. The highest BCUT2D eigenvalue weighted by Crippen LogP contribution is 2.63. The molecular weight excluding hydrogens is 474 g/mol. The van der Waals surface area contributed by atoms with Crippen LogP contribution in [-0.4, -0.2) is 21.2 Å². The molecule has 0 amide bonds. The van der Waals surface area contributed by atoms with Gasteiger partial charge >= 0.3 is 5.97 Å². The van der Waals surface area contributed by atoms with Crippen LogP contribution >= 0.6 is 0 Å². The summed E-state index contributed by atoms with van der Waals surface area (Å²) in [6.07, 6.45) is 14.1. The molecule has 3 aromatic rings. The molecule has 192 valence electrons. The van der Waals surface area contributed by atoms with E-state index < -0.39 is 16.8 Å². The number of rotatable bonds is 6. The van der Waals surface area contributed by atoms with Crippen molar-refractivity contribution in [2.24, 2.45) is 11.3 Å². The molecule has 0 bridgehead atoms. The monoisotopic (exact) mass is 505 g/mol. The van der Waals surface area contributed by atoms with E-state index in [1.807, 2.05) is 55.5 Å². The number of aromatic nitrogens is 2. The normalized spacial score (nSPS) is 23.6. The summed E-state index contributed by atoms with van der Waals surface area (Å²) in [4.78, 5) is 17.4. The van der Waals surface area contributed by atoms with Crippen molar-refractivity contribution in [1.29, 1.82) is 0 Å². The van der Waals surface area contributed by atoms with Crippen LogP contribution in [0.25, 0.3) is 0 Å². The molecule has 3 aliphatic rings. The Morgan fingerprint density at radius 1 is 1.05 bits per heavy atom. The van der Waals surface area contributed by atoms with E-state index in [1.165, 1.54) is 12.8 Å². The molecule has 0 radical (unpaired) electrons. The first-order chi connectivity index (χ1) is 18.5. The number of nitrogens with one attached hydrogen (secondary N) is 1. The van der Waals surface area contributed by atoms with Crippen LogP contribution in [-0.2, 0) is 10.2 Å². The summed E-state index contributed by atoms with van der Waals surface area (Å²) in [5.41, 5.74) is 1.22. The summed E-state index contributed by atoms with van der Waals surface area (Å²) >= 11 is 0. The third-order valence-corrected chi connectivity index (χ3v) is 8.27. The van der Waals surface area contributed by atoms with Crippen molar-refractivity contribution in [2.45, 2.75) is 56.8 Å². The number of hydrogen-bond donors (Lipinski definition) is 2. The van der Waals surface area contributed by atoms with Gasteiger partial charge in [0.1, 0.15) is 22.9 Å². The minimum Gasteiger partial charge on any atom is -0.481 e. The Kier molecular flexibility index (Phi) is 6.15. The first-order valence-electron chi connectivity index (χ1n) is 13.4. The molecule has 0 unspecified atom stereocenters. The molecule has 3 aliphatic carbocycles. The average molecular weight is 506 g/mol. The summed E-state index contributed by atoms with van der Waals surface area (Å²) in [7, 11) is 0. The molecule has 2 heterocycles. The number of carboxylic acid groups (broad SMARTS) is 1. The summed E-state index contributed by atoms with van der Waals surface area (Å²) in [5, 5.41) is 18.0. The molecule has 2 fully saturated rings. The predicted octanol–water partition coefficient (Wildman–Crippen LogP) is 6.68. The van der Waals surface area contributed by atoms with Gasteiger partial charge in [0.2, 0.25) is 0 Å². The van der Waals surface area contributed by atoms with Gasteiger partial charge in [0.15, 0.2) is 5.76 Å². The third kappa shape index (κ3) is 4.22. The van der Waals surface area contributed by atoms with E-state index in [0.29, 0.717) is 47.4 Å². The minimum atomic E-state index is -0.980. The zero-order chi connectivity index (χ0) is 26.2. The zero-order valence-corrected chi connectivity index (χ0v) is 21.5. The number of benzene rings is 1. The molecule has 6 heteroatoms. The number of nitrogens with zero attached hydrogens (tertiary/aromatic N) is 2. The molecule has 0 aliphatic heterocycles. The number of carbonyl (C=O) groups is 1. The smallest absolute Gasteiger partial charge is 0.311 e. The van der Waals surface area contributed by atoms with Gasteiger partial charge in [-0.2, -0.15) is 0 Å². The van der Waals surface area contributed by atoms with Gasteiger partial charge in [0.25, 0.3) is 0 Å². The van der Waals surface area contributed by atoms with Crippen LogP contribution in [0.2, 0.25) is 0 Å². The van der Waals surface area contributed by atoms with Crippen LogP contribution in [0, 0.1) is 30.1 Å². The van der Waals surface area contributed by atoms with Gasteiger partial charge in [-0.05, 0) is 56.2 Å². The molecule has 6 rings (SSSR count). The molecule has 1 aromatic carbocycles.